The second-order valence-corrected chi connectivity index (χ2v) is 6.26. The molecular weight excluding hydrogens is 320 g/mol. The van der Waals surface area contributed by atoms with E-state index in [2.05, 4.69) is 0 Å². The molecule has 1 saturated heterocycles. The zero-order valence-electron chi connectivity index (χ0n) is 14.9. The molecule has 1 aromatic rings. The first kappa shape index (κ1) is 19.0. The summed E-state index contributed by atoms with van der Waals surface area (Å²) in [6.07, 6.45) is 2.46. The van der Waals surface area contributed by atoms with E-state index in [1.54, 1.807) is 34.1 Å². The van der Waals surface area contributed by atoms with Crippen molar-refractivity contribution in [3.05, 3.63) is 35.4 Å². The Labute approximate surface area is 148 Å². The summed E-state index contributed by atoms with van der Waals surface area (Å²) in [5.41, 5.74) is 1.16. The lowest BCUT2D eigenvalue weighted by Gasteiger charge is -2.29. The second kappa shape index (κ2) is 8.65. The number of benzene rings is 1. The first-order chi connectivity index (χ1) is 12.0. The Balaban J connectivity index is 1.95. The van der Waals surface area contributed by atoms with Crippen LogP contribution in [-0.2, 0) is 16.0 Å². The van der Waals surface area contributed by atoms with E-state index in [4.69, 9.17) is 5.11 Å². The van der Waals surface area contributed by atoms with Crippen molar-refractivity contribution in [2.45, 2.75) is 45.6 Å². The molecule has 6 heteroatoms. The molecule has 1 N–H and O–H groups in total. The van der Waals surface area contributed by atoms with Gasteiger partial charge in [0.2, 0.25) is 11.8 Å². The number of likely N-dealkylation sites (tertiary alicyclic amines) is 1. The van der Waals surface area contributed by atoms with Gasteiger partial charge in [0.1, 0.15) is 6.04 Å². The van der Waals surface area contributed by atoms with Crippen molar-refractivity contribution < 1.29 is 19.5 Å². The van der Waals surface area contributed by atoms with Crippen molar-refractivity contribution in [2.75, 3.05) is 19.6 Å². The van der Waals surface area contributed by atoms with Crippen LogP contribution in [0, 0.1) is 0 Å². The Bertz CT molecular complexity index is 623. The summed E-state index contributed by atoms with van der Waals surface area (Å²) < 4.78 is 0. The van der Waals surface area contributed by atoms with Gasteiger partial charge in [-0.3, -0.25) is 9.59 Å². The summed E-state index contributed by atoms with van der Waals surface area (Å²) in [6.45, 7) is 5.84. The Kier molecular flexibility index (Phi) is 6.56. The molecule has 0 radical (unpaired) electrons. The van der Waals surface area contributed by atoms with Crippen LogP contribution in [-0.4, -0.2) is 58.4 Å². The number of hydrogen-bond acceptors (Lipinski definition) is 3. The first-order valence-electron chi connectivity index (χ1n) is 8.88. The Morgan fingerprint density at radius 1 is 1.16 bits per heavy atom. The van der Waals surface area contributed by atoms with E-state index in [1.165, 1.54) is 0 Å². The maximum Gasteiger partial charge on any atom is 0.335 e. The number of aryl methyl sites for hydroxylation is 1. The monoisotopic (exact) mass is 346 g/mol. The van der Waals surface area contributed by atoms with Crippen LogP contribution in [0.4, 0.5) is 0 Å². The lowest BCUT2D eigenvalue weighted by molar-refractivity contribution is -0.143. The fourth-order valence-electron chi connectivity index (χ4n) is 3.28. The van der Waals surface area contributed by atoms with Gasteiger partial charge in [-0.15, -0.1) is 0 Å². The number of carboxylic acid groups (broad SMARTS) is 1. The average molecular weight is 346 g/mol. The van der Waals surface area contributed by atoms with Gasteiger partial charge in [-0.25, -0.2) is 4.79 Å². The third-order valence-corrected chi connectivity index (χ3v) is 4.76. The number of carbonyl (C=O) groups is 3. The van der Waals surface area contributed by atoms with Crippen LogP contribution in [0.15, 0.2) is 24.3 Å². The zero-order chi connectivity index (χ0) is 18.4. The second-order valence-electron chi connectivity index (χ2n) is 6.26. The summed E-state index contributed by atoms with van der Waals surface area (Å²) in [4.78, 5) is 39.5. The molecule has 6 nitrogen and oxygen atoms in total. The fraction of sp³-hybridized carbons (Fsp3) is 0.526. The summed E-state index contributed by atoms with van der Waals surface area (Å²) >= 11 is 0. The minimum Gasteiger partial charge on any atom is -0.478 e. The van der Waals surface area contributed by atoms with Crippen molar-refractivity contribution in [1.29, 1.82) is 0 Å². The smallest absolute Gasteiger partial charge is 0.335 e. The highest BCUT2D eigenvalue weighted by Crippen LogP contribution is 2.21. The van der Waals surface area contributed by atoms with Crippen molar-refractivity contribution in [1.82, 2.24) is 9.80 Å². The van der Waals surface area contributed by atoms with E-state index in [9.17, 15) is 14.4 Å². The highest BCUT2D eigenvalue weighted by atomic mass is 16.4. The topological polar surface area (TPSA) is 77.9 Å². The lowest BCUT2D eigenvalue weighted by atomic mass is 10.1. The van der Waals surface area contributed by atoms with Crippen LogP contribution in [0.25, 0.3) is 0 Å². The largest absolute Gasteiger partial charge is 0.478 e. The number of hydrogen-bond donors (Lipinski definition) is 1. The number of carbonyl (C=O) groups excluding carboxylic acids is 2. The maximum absolute atomic E-state index is 12.6. The van der Waals surface area contributed by atoms with Gasteiger partial charge in [-0.1, -0.05) is 12.1 Å². The molecule has 2 rings (SSSR count). The third-order valence-electron chi connectivity index (χ3n) is 4.76. The summed E-state index contributed by atoms with van der Waals surface area (Å²) in [7, 11) is 0. The molecule has 0 spiro atoms. The zero-order valence-corrected chi connectivity index (χ0v) is 14.9. The van der Waals surface area contributed by atoms with Crippen molar-refractivity contribution in [2.24, 2.45) is 0 Å². The van der Waals surface area contributed by atoms with Gasteiger partial charge in [0, 0.05) is 26.1 Å². The predicted molar refractivity (Wildman–Crippen MR) is 94.4 cm³/mol. The van der Waals surface area contributed by atoms with Gasteiger partial charge >= 0.3 is 5.97 Å². The van der Waals surface area contributed by atoms with E-state index in [-0.39, 0.29) is 23.4 Å². The summed E-state index contributed by atoms with van der Waals surface area (Å²) in [5.74, 6) is -0.926. The van der Waals surface area contributed by atoms with E-state index in [0.29, 0.717) is 32.5 Å². The molecular formula is C19H26N2O4. The molecule has 1 unspecified atom stereocenters. The third kappa shape index (κ3) is 4.59. The molecule has 136 valence electrons. The van der Waals surface area contributed by atoms with Crippen LogP contribution >= 0.6 is 0 Å². The Morgan fingerprint density at radius 2 is 1.80 bits per heavy atom. The van der Waals surface area contributed by atoms with Gasteiger partial charge in [0.25, 0.3) is 0 Å². The molecule has 0 saturated carbocycles. The van der Waals surface area contributed by atoms with Crippen molar-refractivity contribution >= 4 is 17.8 Å². The van der Waals surface area contributed by atoms with Gasteiger partial charge in [-0.2, -0.15) is 0 Å². The molecule has 2 amide bonds. The molecule has 1 heterocycles. The highest BCUT2D eigenvalue weighted by Gasteiger charge is 2.35. The maximum atomic E-state index is 12.6. The molecule has 0 aliphatic carbocycles. The van der Waals surface area contributed by atoms with Gasteiger partial charge < -0.3 is 14.9 Å². The van der Waals surface area contributed by atoms with Crippen molar-refractivity contribution in [3.8, 4) is 0 Å². The first-order valence-corrected chi connectivity index (χ1v) is 8.88. The normalized spacial score (nSPS) is 16.7. The molecule has 1 aliphatic rings. The van der Waals surface area contributed by atoms with Crippen LogP contribution in [0.3, 0.4) is 0 Å². The van der Waals surface area contributed by atoms with E-state index in [1.807, 2.05) is 13.8 Å². The van der Waals surface area contributed by atoms with E-state index < -0.39 is 5.97 Å². The predicted octanol–water partition coefficient (Wildman–Crippen LogP) is 2.18. The van der Waals surface area contributed by atoms with Crippen LogP contribution < -0.4 is 0 Å². The summed E-state index contributed by atoms with van der Waals surface area (Å²) in [5, 5.41) is 8.91. The number of rotatable bonds is 7. The number of nitrogens with zero attached hydrogens (tertiary/aromatic N) is 2. The molecule has 25 heavy (non-hydrogen) atoms. The number of aromatic carboxylic acids is 1. The van der Waals surface area contributed by atoms with Crippen LogP contribution in [0.2, 0.25) is 0 Å². The van der Waals surface area contributed by atoms with Gasteiger partial charge in [-0.05, 0) is 50.8 Å². The number of likely N-dealkylation sites (N-methyl/N-ethyl adjacent to an activating group) is 1. The standard InChI is InChI=1S/C19H26N2O4/c1-3-20(4-2)18(23)16-6-5-13-21(16)17(22)12-9-14-7-10-15(11-8-14)19(24)25/h7-8,10-11,16H,3-6,9,12-13H2,1-2H3,(H,24,25). The van der Waals surface area contributed by atoms with Crippen molar-refractivity contribution in [3.63, 3.8) is 0 Å². The molecule has 1 atom stereocenters. The molecule has 1 fully saturated rings. The van der Waals surface area contributed by atoms with Gasteiger partial charge in [0.15, 0.2) is 0 Å². The minimum atomic E-state index is -0.961. The van der Waals surface area contributed by atoms with E-state index >= 15 is 0 Å². The average Bonchev–Trinajstić information content (AvgIpc) is 3.10. The molecule has 0 aromatic heterocycles. The van der Waals surface area contributed by atoms with Gasteiger partial charge in [0.05, 0.1) is 5.56 Å². The number of carboxylic acids is 1. The molecule has 1 aromatic carbocycles. The fourth-order valence-corrected chi connectivity index (χ4v) is 3.28. The van der Waals surface area contributed by atoms with Crippen LogP contribution in [0.1, 0.15) is 49.0 Å². The quantitative estimate of drug-likeness (QED) is 0.821. The Morgan fingerprint density at radius 3 is 2.36 bits per heavy atom. The number of amides is 2. The molecule has 0 bridgehead atoms. The summed E-state index contributed by atoms with van der Waals surface area (Å²) in [6, 6.07) is 6.23. The van der Waals surface area contributed by atoms with E-state index in [0.717, 1.165) is 18.4 Å². The Hall–Kier alpha value is -2.37. The van der Waals surface area contributed by atoms with Crippen LogP contribution in [0.5, 0.6) is 0 Å². The molecule has 1 aliphatic heterocycles. The lowest BCUT2D eigenvalue weighted by Crippen LogP contribution is -2.47. The SMILES string of the molecule is CCN(CC)C(=O)C1CCCN1C(=O)CCc1ccc(C(=O)O)cc1. The minimum absolute atomic E-state index is 0.00897. The highest BCUT2D eigenvalue weighted by molar-refractivity contribution is 5.88.